The van der Waals surface area contributed by atoms with Gasteiger partial charge < -0.3 is 14.1 Å². The Kier molecular flexibility index (Phi) is 4.07. The van der Waals surface area contributed by atoms with Crippen molar-refractivity contribution < 1.29 is 13.9 Å². The van der Waals surface area contributed by atoms with Gasteiger partial charge in [-0.3, -0.25) is 9.78 Å². The van der Waals surface area contributed by atoms with Gasteiger partial charge in [-0.15, -0.1) is 0 Å². The van der Waals surface area contributed by atoms with Gasteiger partial charge >= 0.3 is 0 Å². The number of hydrogen-bond acceptors (Lipinski definition) is 4. The molecule has 2 aromatic heterocycles. The van der Waals surface area contributed by atoms with Gasteiger partial charge in [0.1, 0.15) is 17.6 Å². The molecular formula is C19H20N2O3. The highest BCUT2D eigenvalue weighted by Gasteiger charge is 2.43. The van der Waals surface area contributed by atoms with Crippen LogP contribution in [0.5, 0.6) is 5.75 Å². The van der Waals surface area contributed by atoms with E-state index in [2.05, 4.69) is 4.98 Å². The largest absolute Gasteiger partial charge is 0.490 e. The predicted octanol–water partition coefficient (Wildman–Crippen LogP) is 3.29. The standard InChI is InChI=1S/C19H20N2O3/c22-19(6-5-16-2-1-11-23-16)21-14-3-4-15(21)13-18(12-14)24-17-7-9-20-10-8-17/h1-2,5-11,14-15,18H,3-4,12-13H2/b6-5+. The van der Waals surface area contributed by atoms with E-state index in [0.717, 1.165) is 31.4 Å². The lowest BCUT2D eigenvalue weighted by molar-refractivity contribution is -0.131. The molecule has 0 saturated carbocycles. The zero-order chi connectivity index (χ0) is 16.4. The lowest BCUT2D eigenvalue weighted by Crippen LogP contribution is -2.48. The molecule has 24 heavy (non-hydrogen) atoms. The highest BCUT2D eigenvalue weighted by molar-refractivity contribution is 5.92. The zero-order valence-electron chi connectivity index (χ0n) is 13.4. The molecule has 0 aromatic carbocycles. The molecule has 2 aliphatic heterocycles. The van der Waals surface area contributed by atoms with Crippen LogP contribution in [0.3, 0.4) is 0 Å². The smallest absolute Gasteiger partial charge is 0.247 e. The summed E-state index contributed by atoms with van der Waals surface area (Å²) >= 11 is 0. The molecule has 2 saturated heterocycles. The summed E-state index contributed by atoms with van der Waals surface area (Å²) in [6.07, 6.45) is 12.5. The molecule has 2 aromatic rings. The number of carbonyl (C=O) groups excluding carboxylic acids is 1. The highest BCUT2D eigenvalue weighted by atomic mass is 16.5. The third-order valence-electron chi connectivity index (χ3n) is 4.83. The third kappa shape index (κ3) is 3.07. The molecule has 0 aliphatic carbocycles. The van der Waals surface area contributed by atoms with E-state index < -0.39 is 0 Å². The van der Waals surface area contributed by atoms with Crippen LogP contribution >= 0.6 is 0 Å². The van der Waals surface area contributed by atoms with E-state index >= 15 is 0 Å². The highest BCUT2D eigenvalue weighted by Crippen LogP contribution is 2.37. The SMILES string of the molecule is O=C(/C=C/c1ccco1)N1C2CCC1CC(Oc1ccncc1)C2. The quantitative estimate of drug-likeness (QED) is 0.810. The lowest BCUT2D eigenvalue weighted by atomic mass is 9.99. The summed E-state index contributed by atoms with van der Waals surface area (Å²) in [7, 11) is 0. The minimum absolute atomic E-state index is 0.0706. The Hall–Kier alpha value is -2.56. The van der Waals surface area contributed by atoms with Crippen LogP contribution in [0.2, 0.25) is 0 Å². The Morgan fingerprint density at radius 3 is 2.62 bits per heavy atom. The van der Waals surface area contributed by atoms with E-state index in [4.69, 9.17) is 9.15 Å². The van der Waals surface area contributed by atoms with E-state index in [9.17, 15) is 4.79 Å². The predicted molar refractivity (Wildman–Crippen MR) is 89.3 cm³/mol. The minimum Gasteiger partial charge on any atom is -0.490 e. The maximum atomic E-state index is 12.6. The average Bonchev–Trinajstić information content (AvgIpc) is 3.20. The molecular weight excluding hydrogens is 304 g/mol. The molecule has 2 bridgehead atoms. The molecule has 5 heteroatoms. The molecule has 124 valence electrons. The van der Waals surface area contributed by atoms with Gasteiger partial charge in [0.2, 0.25) is 5.91 Å². The molecule has 2 aliphatic rings. The van der Waals surface area contributed by atoms with Crippen molar-refractivity contribution in [3.05, 3.63) is 54.8 Å². The number of rotatable bonds is 4. The van der Waals surface area contributed by atoms with Gasteiger partial charge in [0.05, 0.1) is 6.26 Å². The van der Waals surface area contributed by atoms with E-state index in [1.54, 1.807) is 30.8 Å². The summed E-state index contributed by atoms with van der Waals surface area (Å²) in [5, 5.41) is 0. The van der Waals surface area contributed by atoms with Crippen LogP contribution < -0.4 is 4.74 Å². The number of amides is 1. The molecule has 0 radical (unpaired) electrons. The molecule has 5 nitrogen and oxygen atoms in total. The van der Waals surface area contributed by atoms with Crippen molar-refractivity contribution in [3.63, 3.8) is 0 Å². The molecule has 2 fully saturated rings. The number of furan rings is 1. The van der Waals surface area contributed by atoms with Crippen molar-refractivity contribution in [1.29, 1.82) is 0 Å². The molecule has 4 heterocycles. The Morgan fingerprint density at radius 1 is 1.21 bits per heavy atom. The van der Waals surface area contributed by atoms with Crippen LogP contribution in [0, 0.1) is 0 Å². The first-order valence-electron chi connectivity index (χ1n) is 8.40. The van der Waals surface area contributed by atoms with Gasteiger partial charge in [0, 0.05) is 43.4 Å². The van der Waals surface area contributed by atoms with Gasteiger partial charge in [0.25, 0.3) is 0 Å². The van der Waals surface area contributed by atoms with Crippen molar-refractivity contribution in [2.45, 2.75) is 43.9 Å². The molecule has 2 unspecified atom stereocenters. The molecule has 4 rings (SSSR count). The first-order chi connectivity index (χ1) is 11.8. The van der Waals surface area contributed by atoms with E-state index in [1.165, 1.54) is 0 Å². The fourth-order valence-corrected chi connectivity index (χ4v) is 3.82. The molecule has 1 amide bonds. The van der Waals surface area contributed by atoms with E-state index in [0.29, 0.717) is 5.76 Å². The summed E-state index contributed by atoms with van der Waals surface area (Å²) in [5.74, 6) is 1.62. The van der Waals surface area contributed by atoms with E-state index in [-0.39, 0.29) is 24.1 Å². The number of nitrogens with zero attached hydrogens (tertiary/aromatic N) is 2. The van der Waals surface area contributed by atoms with Crippen LogP contribution in [-0.2, 0) is 4.79 Å². The summed E-state index contributed by atoms with van der Waals surface area (Å²) in [4.78, 5) is 18.6. The monoisotopic (exact) mass is 324 g/mol. The lowest BCUT2D eigenvalue weighted by Gasteiger charge is -2.38. The maximum Gasteiger partial charge on any atom is 0.247 e. The number of pyridine rings is 1. The van der Waals surface area contributed by atoms with Crippen molar-refractivity contribution in [3.8, 4) is 5.75 Å². The summed E-state index contributed by atoms with van der Waals surface area (Å²) < 4.78 is 11.3. The number of carbonyl (C=O) groups is 1. The summed E-state index contributed by atoms with van der Waals surface area (Å²) in [5.41, 5.74) is 0. The number of hydrogen-bond donors (Lipinski definition) is 0. The number of fused-ring (bicyclic) bond motifs is 2. The van der Waals surface area contributed by atoms with Gasteiger partial charge in [-0.1, -0.05) is 0 Å². The van der Waals surface area contributed by atoms with Crippen molar-refractivity contribution in [2.75, 3.05) is 0 Å². The van der Waals surface area contributed by atoms with Crippen molar-refractivity contribution in [1.82, 2.24) is 9.88 Å². The van der Waals surface area contributed by atoms with Gasteiger partial charge in [-0.25, -0.2) is 0 Å². The minimum atomic E-state index is 0.0706. The average molecular weight is 324 g/mol. The normalized spacial score (nSPS) is 26.0. The topological polar surface area (TPSA) is 55.6 Å². The second-order valence-electron chi connectivity index (χ2n) is 6.37. The second kappa shape index (κ2) is 6.51. The molecule has 2 atom stereocenters. The van der Waals surface area contributed by atoms with Crippen LogP contribution in [0.15, 0.2) is 53.4 Å². The van der Waals surface area contributed by atoms with Crippen LogP contribution in [-0.4, -0.2) is 34.0 Å². The maximum absolute atomic E-state index is 12.6. The van der Waals surface area contributed by atoms with Gasteiger partial charge in [-0.2, -0.15) is 0 Å². The van der Waals surface area contributed by atoms with Crippen LogP contribution in [0.4, 0.5) is 0 Å². The van der Waals surface area contributed by atoms with Crippen LogP contribution in [0.1, 0.15) is 31.4 Å². The van der Waals surface area contributed by atoms with Crippen molar-refractivity contribution in [2.24, 2.45) is 0 Å². The van der Waals surface area contributed by atoms with E-state index in [1.807, 2.05) is 29.2 Å². The Morgan fingerprint density at radius 2 is 1.96 bits per heavy atom. The first kappa shape index (κ1) is 15.0. The molecule has 0 N–H and O–H groups in total. The fraction of sp³-hybridized carbons (Fsp3) is 0.368. The summed E-state index contributed by atoms with van der Waals surface area (Å²) in [6.45, 7) is 0. The van der Waals surface area contributed by atoms with Gasteiger partial charge in [0.15, 0.2) is 0 Å². The first-order valence-corrected chi connectivity index (χ1v) is 8.40. The van der Waals surface area contributed by atoms with Crippen molar-refractivity contribution >= 4 is 12.0 Å². The number of aromatic nitrogens is 1. The Balaban J connectivity index is 1.40. The van der Waals surface area contributed by atoms with Gasteiger partial charge in [-0.05, 0) is 43.2 Å². The summed E-state index contributed by atoms with van der Waals surface area (Å²) in [6, 6.07) is 7.95. The van der Waals surface area contributed by atoms with Crippen LogP contribution in [0.25, 0.3) is 6.08 Å². The Labute approximate surface area is 140 Å². The second-order valence-corrected chi connectivity index (χ2v) is 6.37. The zero-order valence-corrected chi connectivity index (χ0v) is 13.4. The third-order valence-corrected chi connectivity index (χ3v) is 4.83. The number of piperidine rings is 1. The molecule has 0 spiro atoms. The number of ether oxygens (including phenoxy) is 1. The fourth-order valence-electron chi connectivity index (χ4n) is 3.82. The Bertz CT molecular complexity index is 697.